The number of aryl methyl sites for hydroxylation is 2. The molecule has 0 aromatic carbocycles. The topological polar surface area (TPSA) is 51.0 Å². The number of nitrogens with one attached hydrogen (secondary N) is 1. The molecule has 1 N–H and O–H groups in total. The number of rotatable bonds is 5. The molecule has 2 heterocycles. The molecule has 1 unspecified atom stereocenters. The SMILES string of the molecule is Cc1nc(Cl)cc(NC(C)CCc2ccco2)n1. The molecule has 0 saturated heterocycles. The third kappa shape index (κ3) is 3.74. The second-order valence-corrected chi connectivity index (χ2v) is 4.67. The molecule has 5 heteroatoms. The predicted molar refractivity (Wildman–Crippen MR) is 71.9 cm³/mol. The van der Waals surface area contributed by atoms with Gasteiger partial charge in [0.1, 0.15) is 22.6 Å². The number of hydrogen-bond donors (Lipinski definition) is 1. The number of hydrogen-bond acceptors (Lipinski definition) is 4. The van der Waals surface area contributed by atoms with E-state index in [0.29, 0.717) is 17.0 Å². The van der Waals surface area contributed by atoms with Crippen molar-refractivity contribution < 1.29 is 4.42 Å². The van der Waals surface area contributed by atoms with Crippen molar-refractivity contribution in [3.05, 3.63) is 41.2 Å². The van der Waals surface area contributed by atoms with Crippen LogP contribution in [0.1, 0.15) is 24.9 Å². The molecule has 0 bridgehead atoms. The van der Waals surface area contributed by atoms with E-state index in [1.54, 1.807) is 12.3 Å². The molecule has 4 nitrogen and oxygen atoms in total. The summed E-state index contributed by atoms with van der Waals surface area (Å²) >= 11 is 5.89. The highest BCUT2D eigenvalue weighted by Crippen LogP contribution is 2.14. The van der Waals surface area contributed by atoms with Gasteiger partial charge in [0.25, 0.3) is 0 Å². The Balaban J connectivity index is 1.88. The number of anilines is 1. The minimum Gasteiger partial charge on any atom is -0.469 e. The average molecular weight is 266 g/mol. The Bertz CT molecular complexity index is 479. The van der Waals surface area contributed by atoms with Gasteiger partial charge in [-0.25, -0.2) is 9.97 Å². The maximum absolute atomic E-state index is 5.89. The molecule has 0 aliphatic rings. The van der Waals surface area contributed by atoms with E-state index in [1.807, 2.05) is 19.1 Å². The summed E-state index contributed by atoms with van der Waals surface area (Å²) in [5.74, 6) is 2.43. The van der Waals surface area contributed by atoms with Gasteiger partial charge < -0.3 is 9.73 Å². The van der Waals surface area contributed by atoms with Gasteiger partial charge in [0.2, 0.25) is 0 Å². The monoisotopic (exact) mass is 265 g/mol. The van der Waals surface area contributed by atoms with E-state index in [1.165, 1.54) is 0 Å². The summed E-state index contributed by atoms with van der Waals surface area (Å²) in [4.78, 5) is 8.32. The van der Waals surface area contributed by atoms with Gasteiger partial charge in [-0.1, -0.05) is 11.6 Å². The molecule has 2 aromatic rings. The van der Waals surface area contributed by atoms with Crippen molar-refractivity contribution in [2.75, 3.05) is 5.32 Å². The molecular weight excluding hydrogens is 250 g/mol. The van der Waals surface area contributed by atoms with Gasteiger partial charge in [0, 0.05) is 18.5 Å². The van der Waals surface area contributed by atoms with Crippen LogP contribution in [0, 0.1) is 6.92 Å². The highest BCUT2D eigenvalue weighted by Gasteiger charge is 2.06. The lowest BCUT2D eigenvalue weighted by atomic mass is 10.1. The maximum atomic E-state index is 5.89. The summed E-state index contributed by atoms with van der Waals surface area (Å²) in [6.07, 6.45) is 3.56. The Kier molecular flexibility index (Phi) is 4.20. The molecular formula is C13H16ClN3O. The highest BCUT2D eigenvalue weighted by molar-refractivity contribution is 6.29. The van der Waals surface area contributed by atoms with Crippen LogP contribution in [-0.4, -0.2) is 16.0 Å². The summed E-state index contributed by atoms with van der Waals surface area (Å²) in [6, 6.07) is 5.91. The first-order valence-corrected chi connectivity index (χ1v) is 6.31. The third-order valence-electron chi connectivity index (χ3n) is 2.60. The first-order chi connectivity index (χ1) is 8.63. The van der Waals surface area contributed by atoms with Crippen LogP contribution < -0.4 is 5.32 Å². The van der Waals surface area contributed by atoms with Gasteiger partial charge in [-0.3, -0.25) is 0 Å². The largest absolute Gasteiger partial charge is 0.469 e. The van der Waals surface area contributed by atoms with Crippen LogP contribution in [0.4, 0.5) is 5.82 Å². The minimum atomic E-state index is 0.292. The molecule has 1 atom stereocenters. The normalized spacial score (nSPS) is 12.4. The van der Waals surface area contributed by atoms with E-state index in [-0.39, 0.29) is 0 Å². The zero-order valence-corrected chi connectivity index (χ0v) is 11.2. The first-order valence-electron chi connectivity index (χ1n) is 5.93. The molecule has 0 aliphatic heterocycles. The summed E-state index contributed by atoms with van der Waals surface area (Å²) in [6.45, 7) is 3.93. The van der Waals surface area contributed by atoms with Crippen LogP contribution in [0.15, 0.2) is 28.9 Å². The summed E-state index contributed by atoms with van der Waals surface area (Å²) in [5.41, 5.74) is 0. The lowest BCUT2D eigenvalue weighted by Gasteiger charge is -2.14. The Morgan fingerprint density at radius 3 is 2.94 bits per heavy atom. The Morgan fingerprint density at radius 1 is 1.44 bits per heavy atom. The lowest BCUT2D eigenvalue weighted by Crippen LogP contribution is -2.17. The molecule has 2 aromatic heterocycles. The fourth-order valence-electron chi connectivity index (χ4n) is 1.74. The van der Waals surface area contributed by atoms with E-state index >= 15 is 0 Å². The summed E-state index contributed by atoms with van der Waals surface area (Å²) in [7, 11) is 0. The van der Waals surface area contributed by atoms with Crippen LogP contribution in [0.2, 0.25) is 5.15 Å². The molecule has 0 aliphatic carbocycles. The number of furan rings is 1. The first kappa shape index (κ1) is 12.9. The Hall–Kier alpha value is -1.55. The van der Waals surface area contributed by atoms with Crippen LogP contribution in [0.5, 0.6) is 0 Å². The van der Waals surface area contributed by atoms with Crippen molar-refractivity contribution in [2.24, 2.45) is 0 Å². The zero-order chi connectivity index (χ0) is 13.0. The van der Waals surface area contributed by atoms with E-state index < -0.39 is 0 Å². The summed E-state index contributed by atoms with van der Waals surface area (Å²) < 4.78 is 5.30. The Labute approximate surface area is 111 Å². The molecule has 0 saturated carbocycles. The summed E-state index contributed by atoms with van der Waals surface area (Å²) in [5, 5.41) is 3.77. The van der Waals surface area contributed by atoms with Crippen molar-refractivity contribution in [3.63, 3.8) is 0 Å². The fourth-order valence-corrected chi connectivity index (χ4v) is 1.97. The van der Waals surface area contributed by atoms with Gasteiger partial charge in [-0.2, -0.15) is 0 Å². The quantitative estimate of drug-likeness (QED) is 0.841. The van der Waals surface area contributed by atoms with Gasteiger partial charge in [-0.15, -0.1) is 0 Å². The van der Waals surface area contributed by atoms with Gasteiger partial charge in [0.15, 0.2) is 0 Å². The molecule has 0 amide bonds. The number of halogens is 1. The average Bonchev–Trinajstić information content (AvgIpc) is 2.77. The molecule has 18 heavy (non-hydrogen) atoms. The third-order valence-corrected chi connectivity index (χ3v) is 2.80. The van der Waals surface area contributed by atoms with Crippen molar-refractivity contribution in [2.45, 2.75) is 32.7 Å². The zero-order valence-electron chi connectivity index (χ0n) is 10.5. The standard InChI is InChI=1S/C13H16ClN3O/c1-9(5-6-11-4-3-7-18-11)15-13-8-12(14)16-10(2)17-13/h3-4,7-9H,5-6H2,1-2H3,(H,15,16,17). The smallest absolute Gasteiger partial charge is 0.134 e. The van der Waals surface area contributed by atoms with Gasteiger partial charge in [-0.05, 0) is 32.4 Å². The molecule has 0 spiro atoms. The van der Waals surface area contributed by atoms with Gasteiger partial charge in [0.05, 0.1) is 6.26 Å². The molecule has 2 rings (SSSR count). The van der Waals surface area contributed by atoms with E-state index in [9.17, 15) is 0 Å². The van der Waals surface area contributed by atoms with Crippen molar-refractivity contribution in [1.29, 1.82) is 0 Å². The number of aromatic nitrogens is 2. The number of nitrogens with zero attached hydrogens (tertiary/aromatic N) is 2. The molecule has 0 radical (unpaired) electrons. The van der Waals surface area contributed by atoms with Crippen molar-refractivity contribution >= 4 is 17.4 Å². The van der Waals surface area contributed by atoms with Crippen LogP contribution in [0.25, 0.3) is 0 Å². The second-order valence-electron chi connectivity index (χ2n) is 4.29. The van der Waals surface area contributed by atoms with E-state index in [0.717, 1.165) is 24.4 Å². The van der Waals surface area contributed by atoms with E-state index in [4.69, 9.17) is 16.0 Å². The Morgan fingerprint density at radius 2 is 2.28 bits per heavy atom. The van der Waals surface area contributed by atoms with Crippen LogP contribution in [-0.2, 0) is 6.42 Å². The van der Waals surface area contributed by atoms with Crippen LogP contribution in [0.3, 0.4) is 0 Å². The minimum absolute atomic E-state index is 0.292. The van der Waals surface area contributed by atoms with Crippen molar-refractivity contribution in [1.82, 2.24) is 9.97 Å². The second kappa shape index (κ2) is 5.87. The predicted octanol–water partition coefficient (Wildman–Crippen LogP) is 3.46. The van der Waals surface area contributed by atoms with E-state index in [2.05, 4.69) is 22.2 Å². The van der Waals surface area contributed by atoms with Crippen LogP contribution >= 0.6 is 11.6 Å². The molecule has 0 fully saturated rings. The fraction of sp³-hybridized carbons (Fsp3) is 0.385. The van der Waals surface area contributed by atoms with Crippen molar-refractivity contribution in [3.8, 4) is 0 Å². The molecule has 96 valence electrons. The highest BCUT2D eigenvalue weighted by atomic mass is 35.5. The van der Waals surface area contributed by atoms with Gasteiger partial charge >= 0.3 is 0 Å². The maximum Gasteiger partial charge on any atom is 0.134 e. The lowest BCUT2D eigenvalue weighted by molar-refractivity contribution is 0.495.